The van der Waals surface area contributed by atoms with Crippen LogP contribution in [0.2, 0.25) is 0 Å². The normalized spacial score (nSPS) is 19.5. The van der Waals surface area contributed by atoms with Crippen LogP contribution in [0.1, 0.15) is 30.7 Å². The maximum atomic E-state index is 5.98. The minimum atomic E-state index is 0.458. The van der Waals surface area contributed by atoms with Crippen molar-refractivity contribution in [2.24, 2.45) is 0 Å². The van der Waals surface area contributed by atoms with Crippen molar-refractivity contribution in [1.82, 2.24) is 5.32 Å². The van der Waals surface area contributed by atoms with Gasteiger partial charge in [0, 0.05) is 18.1 Å². The van der Waals surface area contributed by atoms with Gasteiger partial charge in [0.05, 0.1) is 24.8 Å². The molecule has 2 heterocycles. The van der Waals surface area contributed by atoms with E-state index in [2.05, 4.69) is 21.2 Å². The van der Waals surface area contributed by atoms with Gasteiger partial charge in [-0.1, -0.05) is 0 Å². The highest BCUT2D eigenvalue weighted by atomic mass is 79.9. The Bertz CT molecular complexity index is 486. The number of fused-ring (bicyclic) bond motifs is 1. The molecule has 0 amide bonds. The number of piperidine rings is 1. The number of hydrogen-bond donors (Lipinski definition) is 1. The van der Waals surface area contributed by atoms with E-state index < -0.39 is 0 Å². The largest absolute Gasteiger partial charge is 0.495 e. The molecule has 3 rings (SSSR count). The standard InChI is InChI=1S/C15H20BrNO3/c1-18-14-11(16)9-12-15(20-8-2-7-19-12)13(14)10-3-5-17-6-4-10/h9-10,17H,2-8H2,1H3. The predicted octanol–water partition coefficient (Wildman–Crippen LogP) is 3.09. The van der Waals surface area contributed by atoms with Crippen LogP contribution in [-0.4, -0.2) is 33.4 Å². The zero-order valence-electron chi connectivity index (χ0n) is 11.7. The summed E-state index contributed by atoms with van der Waals surface area (Å²) in [7, 11) is 1.72. The zero-order chi connectivity index (χ0) is 13.9. The second-order valence-electron chi connectivity index (χ2n) is 5.21. The maximum absolute atomic E-state index is 5.98. The van der Waals surface area contributed by atoms with Crippen LogP contribution in [0.15, 0.2) is 10.5 Å². The second-order valence-corrected chi connectivity index (χ2v) is 6.06. The third-order valence-corrected chi connectivity index (χ3v) is 4.52. The number of nitrogens with one attached hydrogen (secondary N) is 1. The van der Waals surface area contributed by atoms with E-state index in [1.807, 2.05) is 6.07 Å². The summed E-state index contributed by atoms with van der Waals surface area (Å²) in [6.07, 6.45) is 3.12. The number of halogens is 1. The molecular weight excluding hydrogens is 322 g/mol. The van der Waals surface area contributed by atoms with Crippen LogP contribution in [-0.2, 0) is 0 Å². The van der Waals surface area contributed by atoms with Gasteiger partial charge >= 0.3 is 0 Å². The zero-order valence-corrected chi connectivity index (χ0v) is 13.3. The third kappa shape index (κ3) is 2.61. The fourth-order valence-corrected chi connectivity index (χ4v) is 3.55. The Morgan fingerprint density at radius 2 is 2.00 bits per heavy atom. The van der Waals surface area contributed by atoms with Crippen molar-refractivity contribution in [1.29, 1.82) is 0 Å². The smallest absolute Gasteiger partial charge is 0.168 e. The van der Waals surface area contributed by atoms with E-state index in [-0.39, 0.29) is 0 Å². The number of methoxy groups -OCH3 is 1. The lowest BCUT2D eigenvalue weighted by Gasteiger charge is -2.27. The van der Waals surface area contributed by atoms with Gasteiger partial charge in [-0.3, -0.25) is 0 Å². The molecule has 4 nitrogen and oxygen atoms in total. The minimum absolute atomic E-state index is 0.458. The molecule has 2 aliphatic rings. The van der Waals surface area contributed by atoms with Gasteiger partial charge in [0.2, 0.25) is 0 Å². The molecule has 2 aliphatic heterocycles. The van der Waals surface area contributed by atoms with Gasteiger partial charge in [-0.2, -0.15) is 0 Å². The molecule has 0 spiro atoms. The minimum Gasteiger partial charge on any atom is -0.495 e. The van der Waals surface area contributed by atoms with E-state index in [9.17, 15) is 0 Å². The molecule has 110 valence electrons. The topological polar surface area (TPSA) is 39.7 Å². The van der Waals surface area contributed by atoms with Gasteiger partial charge in [0.15, 0.2) is 11.5 Å². The summed E-state index contributed by atoms with van der Waals surface area (Å²) in [6.45, 7) is 3.49. The van der Waals surface area contributed by atoms with Crippen molar-refractivity contribution in [3.8, 4) is 17.2 Å². The summed E-state index contributed by atoms with van der Waals surface area (Å²) in [5, 5.41) is 3.40. The Balaban J connectivity index is 2.09. The maximum Gasteiger partial charge on any atom is 0.168 e. The predicted molar refractivity (Wildman–Crippen MR) is 81.1 cm³/mol. The monoisotopic (exact) mass is 341 g/mol. The SMILES string of the molecule is COc1c(Br)cc2c(c1C1CCNCC1)OCCCO2. The first-order valence-corrected chi connectivity index (χ1v) is 7.97. The quantitative estimate of drug-likeness (QED) is 0.897. The van der Waals surface area contributed by atoms with Crippen LogP contribution < -0.4 is 19.5 Å². The Kier molecular flexibility index (Phi) is 4.36. The summed E-state index contributed by atoms with van der Waals surface area (Å²) >= 11 is 3.60. The summed E-state index contributed by atoms with van der Waals surface area (Å²) in [4.78, 5) is 0. The van der Waals surface area contributed by atoms with Crippen molar-refractivity contribution >= 4 is 15.9 Å². The molecule has 0 aromatic heterocycles. The molecule has 0 bridgehead atoms. The van der Waals surface area contributed by atoms with Crippen LogP contribution in [0.4, 0.5) is 0 Å². The Labute approximate surface area is 127 Å². The number of benzene rings is 1. The van der Waals surface area contributed by atoms with E-state index in [1.165, 1.54) is 5.56 Å². The fraction of sp³-hybridized carbons (Fsp3) is 0.600. The lowest BCUT2D eigenvalue weighted by atomic mass is 9.88. The summed E-state index contributed by atoms with van der Waals surface area (Å²) < 4.78 is 18.4. The van der Waals surface area contributed by atoms with Gasteiger partial charge in [-0.25, -0.2) is 0 Å². The van der Waals surface area contributed by atoms with E-state index in [0.717, 1.165) is 54.1 Å². The average molecular weight is 342 g/mol. The molecule has 0 aliphatic carbocycles. The number of ether oxygens (including phenoxy) is 3. The van der Waals surface area contributed by atoms with E-state index >= 15 is 0 Å². The first kappa shape index (κ1) is 14.0. The summed E-state index contributed by atoms with van der Waals surface area (Å²) in [6, 6.07) is 1.96. The molecule has 1 saturated heterocycles. The van der Waals surface area contributed by atoms with Crippen LogP contribution in [0.3, 0.4) is 0 Å². The van der Waals surface area contributed by atoms with Crippen LogP contribution in [0.5, 0.6) is 17.2 Å². The molecule has 0 radical (unpaired) electrons. The Morgan fingerprint density at radius 1 is 1.25 bits per heavy atom. The molecule has 0 atom stereocenters. The third-order valence-electron chi connectivity index (χ3n) is 3.93. The van der Waals surface area contributed by atoms with Crippen molar-refractivity contribution in [2.45, 2.75) is 25.2 Å². The van der Waals surface area contributed by atoms with Crippen molar-refractivity contribution in [3.63, 3.8) is 0 Å². The van der Waals surface area contributed by atoms with E-state index in [0.29, 0.717) is 19.1 Å². The molecule has 0 saturated carbocycles. The first-order chi connectivity index (χ1) is 9.81. The molecule has 1 fully saturated rings. The van der Waals surface area contributed by atoms with E-state index in [4.69, 9.17) is 14.2 Å². The Hall–Kier alpha value is -0.940. The van der Waals surface area contributed by atoms with Crippen molar-refractivity contribution < 1.29 is 14.2 Å². The molecule has 0 unspecified atom stereocenters. The average Bonchev–Trinajstić information content (AvgIpc) is 2.71. The van der Waals surface area contributed by atoms with Crippen molar-refractivity contribution in [2.75, 3.05) is 33.4 Å². The van der Waals surface area contributed by atoms with Gasteiger partial charge in [0.1, 0.15) is 5.75 Å². The number of rotatable bonds is 2. The van der Waals surface area contributed by atoms with Crippen LogP contribution in [0.25, 0.3) is 0 Å². The summed E-state index contributed by atoms with van der Waals surface area (Å²) in [5.74, 6) is 3.07. The lowest BCUT2D eigenvalue weighted by molar-refractivity contribution is 0.293. The van der Waals surface area contributed by atoms with E-state index in [1.54, 1.807) is 7.11 Å². The highest BCUT2D eigenvalue weighted by Crippen LogP contribution is 2.49. The van der Waals surface area contributed by atoms with Gasteiger partial charge < -0.3 is 19.5 Å². The molecular formula is C15H20BrNO3. The van der Waals surface area contributed by atoms with Crippen LogP contribution in [0, 0.1) is 0 Å². The first-order valence-electron chi connectivity index (χ1n) is 7.18. The van der Waals surface area contributed by atoms with Gasteiger partial charge in [0.25, 0.3) is 0 Å². The van der Waals surface area contributed by atoms with Crippen molar-refractivity contribution in [3.05, 3.63) is 16.1 Å². The lowest BCUT2D eigenvalue weighted by Crippen LogP contribution is -2.27. The molecule has 20 heavy (non-hydrogen) atoms. The molecule has 1 aromatic carbocycles. The molecule has 5 heteroatoms. The fourth-order valence-electron chi connectivity index (χ4n) is 2.97. The van der Waals surface area contributed by atoms with Crippen LogP contribution >= 0.6 is 15.9 Å². The molecule has 1 N–H and O–H groups in total. The highest BCUT2D eigenvalue weighted by molar-refractivity contribution is 9.10. The van der Waals surface area contributed by atoms with Gasteiger partial charge in [-0.15, -0.1) is 0 Å². The van der Waals surface area contributed by atoms with Gasteiger partial charge in [-0.05, 0) is 47.8 Å². The Morgan fingerprint density at radius 3 is 2.75 bits per heavy atom. The molecule has 1 aromatic rings. The highest BCUT2D eigenvalue weighted by Gasteiger charge is 2.28. The summed E-state index contributed by atoms with van der Waals surface area (Å²) in [5.41, 5.74) is 1.17. The number of hydrogen-bond acceptors (Lipinski definition) is 4. The second kappa shape index (κ2) is 6.22.